The number of hydrogen-bond acceptors (Lipinski definition) is 5. The monoisotopic (exact) mass is 366 g/mol. The lowest BCUT2D eigenvalue weighted by atomic mass is 10.1. The van der Waals surface area contributed by atoms with Gasteiger partial charge in [-0.3, -0.25) is 9.59 Å². The second-order valence-corrected chi connectivity index (χ2v) is 6.29. The van der Waals surface area contributed by atoms with E-state index in [1.807, 2.05) is 12.1 Å². The first-order valence-corrected chi connectivity index (χ1v) is 9.03. The molecule has 0 N–H and O–H groups in total. The van der Waals surface area contributed by atoms with Gasteiger partial charge in [0.15, 0.2) is 5.43 Å². The molecule has 0 spiro atoms. The minimum Gasteiger partial charge on any atom is -0.497 e. The van der Waals surface area contributed by atoms with Crippen molar-refractivity contribution >= 4 is 16.9 Å². The summed E-state index contributed by atoms with van der Waals surface area (Å²) in [5, 5.41) is 0.381. The smallest absolute Gasteiger partial charge is 0.311 e. The van der Waals surface area contributed by atoms with Gasteiger partial charge in [0.05, 0.1) is 12.5 Å². The van der Waals surface area contributed by atoms with Gasteiger partial charge in [-0.1, -0.05) is 19.8 Å². The molecule has 27 heavy (non-hydrogen) atoms. The molecule has 0 bridgehead atoms. The zero-order valence-electron chi connectivity index (χ0n) is 15.5. The lowest BCUT2D eigenvalue weighted by Gasteiger charge is -2.07. The Kier molecular flexibility index (Phi) is 5.91. The van der Waals surface area contributed by atoms with Gasteiger partial charge in [-0.15, -0.1) is 0 Å². The summed E-state index contributed by atoms with van der Waals surface area (Å²) in [6.07, 6.45) is 3.21. The molecule has 1 heterocycles. The number of fused-ring (bicyclic) bond motifs is 1. The predicted octanol–water partition coefficient (Wildman–Crippen LogP) is 4.95. The first-order chi connectivity index (χ1) is 13.1. The van der Waals surface area contributed by atoms with Gasteiger partial charge >= 0.3 is 5.97 Å². The van der Waals surface area contributed by atoms with Crippen LogP contribution in [0.15, 0.2) is 57.7 Å². The lowest BCUT2D eigenvalue weighted by molar-refractivity contribution is -0.134. The van der Waals surface area contributed by atoms with Gasteiger partial charge in [0.2, 0.25) is 0 Å². The van der Waals surface area contributed by atoms with E-state index >= 15 is 0 Å². The zero-order chi connectivity index (χ0) is 19.2. The Morgan fingerprint density at radius 3 is 2.44 bits per heavy atom. The second-order valence-electron chi connectivity index (χ2n) is 6.29. The molecule has 2 aromatic carbocycles. The van der Waals surface area contributed by atoms with Crippen LogP contribution in [-0.2, 0) is 4.79 Å². The Morgan fingerprint density at radius 2 is 1.74 bits per heavy atom. The Labute approximate surface area is 157 Å². The van der Waals surface area contributed by atoms with Crippen molar-refractivity contribution in [2.24, 2.45) is 0 Å². The summed E-state index contributed by atoms with van der Waals surface area (Å²) in [6.45, 7) is 2.08. The van der Waals surface area contributed by atoms with E-state index in [1.165, 1.54) is 6.07 Å². The van der Waals surface area contributed by atoms with Crippen molar-refractivity contribution in [2.75, 3.05) is 7.11 Å². The van der Waals surface area contributed by atoms with Crippen molar-refractivity contribution < 1.29 is 18.7 Å². The third kappa shape index (κ3) is 4.56. The van der Waals surface area contributed by atoms with Crippen LogP contribution in [-0.4, -0.2) is 13.1 Å². The number of hydrogen-bond donors (Lipinski definition) is 0. The molecule has 0 atom stereocenters. The summed E-state index contributed by atoms with van der Waals surface area (Å²) < 4.78 is 16.3. The first-order valence-electron chi connectivity index (χ1n) is 9.03. The van der Waals surface area contributed by atoms with Crippen molar-refractivity contribution in [3.8, 4) is 22.8 Å². The highest BCUT2D eigenvalue weighted by atomic mass is 16.5. The van der Waals surface area contributed by atoms with Crippen LogP contribution in [0.4, 0.5) is 0 Å². The van der Waals surface area contributed by atoms with E-state index < -0.39 is 0 Å². The largest absolute Gasteiger partial charge is 0.497 e. The van der Waals surface area contributed by atoms with Crippen LogP contribution in [0.5, 0.6) is 11.5 Å². The van der Waals surface area contributed by atoms with Gasteiger partial charge < -0.3 is 13.9 Å². The highest BCUT2D eigenvalue weighted by Crippen LogP contribution is 2.26. The summed E-state index contributed by atoms with van der Waals surface area (Å²) in [7, 11) is 1.60. The van der Waals surface area contributed by atoms with Crippen molar-refractivity contribution in [1.82, 2.24) is 0 Å². The number of benzene rings is 2. The van der Waals surface area contributed by atoms with Crippen molar-refractivity contribution in [3.05, 3.63) is 58.8 Å². The standard InChI is InChI=1S/C22H22O5/c1-3-4-5-6-22(24)26-17-11-12-20-18(13-17)19(23)14-21(27-20)15-7-9-16(25-2)10-8-15/h7-14H,3-6H2,1-2H3. The normalized spacial score (nSPS) is 10.7. The minimum atomic E-state index is -0.290. The van der Waals surface area contributed by atoms with Crippen molar-refractivity contribution in [2.45, 2.75) is 32.6 Å². The maximum atomic E-state index is 12.5. The number of carbonyl (C=O) groups is 1. The molecule has 140 valence electrons. The van der Waals surface area contributed by atoms with Gasteiger partial charge in [0, 0.05) is 18.1 Å². The SMILES string of the molecule is CCCCCC(=O)Oc1ccc2oc(-c3ccc(OC)cc3)cc(=O)c2c1. The molecular formula is C22H22O5. The third-order valence-electron chi connectivity index (χ3n) is 4.29. The molecule has 3 aromatic rings. The molecule has 1 aromatic heterocycles. The molecule has 5 nitrogen and oxygen atoms in total. The van der Waals surface area contributed by atoms with Gasteiger partial charge in [-0.05, 0) is 48.9 Å². The molecule has 5 heteroatoms. The summed E-state index contributed by atoms with van der Waals surface area (Å²) >= 11 is 0. The number of esters is 1. The predicted molar refractivity (Wildman–Crippen MR) is 104 cm³/mol. The number of methoxy groups -OCH3 is 1. The van der Waals surface area contributed by atoms with E-state index in [9.17, 15) is 9.59 Å². The molecule has 0 fully saturated rings. The fourth-order valence-electron chi connectivity index (χ4n) is 2.80. The molecule has 0 saturated heterocycles. The Hall–Kier alpha value is -3.08. The highest BCUT2D eigenvalue weighted by Gasteiger charge is 2.10. The number of rotatable bonds is 7. The molecule has 0 aliphatic rings. The number of ether oxygens (including phenoxy) is 2. The van der Waals surface area contributed by atoms with Crippen LogP contribution in [0, 0.1) is 0 Å². The van der Waals surface area contributed by atoms with Crippen LogP contribution in [0.2, 0.25) is 0 Å². The van der Waals surface area contributed by atoms with E-state index in [2.05, 4.69) is 6.92 Å². The quantitative estimate of drug-likeness (QED) is 0.336. The van der Waals surface area contributed by atoms with Crippen molar-refractivity contribution in [1.29, 1.82) is 0 Å². The molecule has 0 unspecified atom stereocenters. The molecule has 0 aliphatic heterocycles. The summed E-state index contributed by atoms with van der Waals surface area (Å²) in [4.78, 5) is 24.4. The maximum absolute atomic E-state index is 12.5. The Balaban J connectivity index is 1.84. The summed E-state index contributed by atoms with van der Waals surface area (Å²) in [6, 6.07) is 13.6. The van der Waals surface area contributed by atoms with Crippen LogP contribution >= 0.6 is 0 Å². The van der Waals surface area contributed by atoms with E-state index in [0.717, 1.165) is 30.6 Å². The fourth-order valence-corrected chi connectivity index (χ4v) is 2.80. The Bertz CT molecular complexity index is 986. The van der Waals surface area contributed by atoms with Gasteiger partial charge in [0.25, 0.3) is 0 Å². The van der Waals surface area contributed by atoms with Crippen LogP contribution in [0.3, 0.4) is 0 Å². The average Bonchev–Trinajstić information content (AvgIpc) is 2.68. The van der Waals surface area contributed by atoms with Crippen LogP contribution in [0.1, 0.15) is 32.6 Å². The summed E-state index contributed by atoms with van der Waals surface area (Å²) in [5.41, 5.74) is 1.03. The maximum Gasteiger partial charge on any atom is 0.311 e. The van der Waals surface area contributed by atoms with Gasteiger partial charge in [-0.2, -0.15) is 0 Å². The minimum absolute atomic E-state index is 0.189. The van der Waals surface area contributed by atoms with E-state index in [-0.39, 0.29) is 11.4 Å². The first kappa shape index (κ1) is 18.7. The molecule has 3 rings (SSSR count). The van der Waals surface area contributed by atoms with E-state index in [4.69, 9.17) is 13.9 Å². The lowest BCUT2D eigenvalue weighted by Crippen LogP contribution is -2.08. The van der Waals surface area contributed by atoms with Crippen LogP contribution < -0.4 is 14.9 Å². The molecule has 0 aliphatic carbocycles. The van der Waals surface area contributed by atoms with Crippen LogP contribution in [0.25, 0.3) is 22.3 Å². The Morgan fingerprint density at radius 1 is 1.00 bits per heavy atom. The highest BCUT2D eigenvalue weighted by molar-refractivity contribution is 5.81. The van der Waals surface area contributed by atoms with Gasteiger partial charge in [0.1, 0.15) is 22.8 Å². The molecule has 0 radical (unpaired) electrons. The molecule has 0 amide bonds. The van der Waals surface area contributed by atoms with E-state index in [0.29, 0.717) is 28.9 Å². The molecule has 0 saturated carbocycles. The van der Waals surface area contributed by atoms with Crippen molar-refractivity contribution in [3.63, 3.8) is 0 Å². The number of carbonyl (C=O) groups excluding carboxylic acids is 1. The third-order valence-corrected chi connectivity index (χ3v) is 4.29. The van der Waals surface area contributed by atoms with E-state index in [1.54, 1.807) is 37.4 Å². The average molecular weight is 366 g/mol. The second kappa shape index (κ2) is 8.54. The molecular weight excluding hydrogens is 344 g/mol. The summed E-state index contributed by atoms with van der Waals surface area (Å²) in [5.74, 6) is 1.27. The fraction of sp³-hybridized carbons (Fsp3) is 0.273. The number of unbranched alkanes of at least 4 members (excludes halogenated alkanes) is 2. The topological polar surface area (TPSA) is 65.7 Å². The van der Waals surface area contributed by atoms with Gasteiger partial charge in [-0.25, -0.2) is 0 Å². The zero-order valence-corrected chi connectivity index (χ0v) is 15.5.